The molecule has 0 saturated carbocycles. The van der Waals surface area contributed by atoms with Gasteiger partial charge in [-0.15, -0.1) is 11.3 Å². The topological polar surface area (TPSA) is 46.1 Å². The quantitative estimate of drug-likeness (QED) is 0.693. The van der Waals surface area contributed by atoms with Crippen LogP contribution in [0.4, 0.5) is 0 Å². The van der Waals surface area contributed by atoms with Crippen LogP contribution in [0, 0.1) is 6.92 Å². The van der Waals surface area contributed by atoms with Gasteiger partial charge in [0.1, 0.15) is 0 Å². The van der Waals surface area contributed by atoms with Crippen molar-refractivity contribution in [2.45, 2.75) is 19.9 Å². The van der Waals surface area contributed by atoms with Crippen molar-refractivity contribution in [3.8, 4) is 0 Å². The van der Waals surface area contributed by atoms with Gasteiger partial charge in [0.05, 0.1) is 4.88 Å². The van der Waals surface area contributed by atoms with Crippen LogP contribution in [-0.4, -0.2) is 27.3 Å². The highest BCUT2D eigenvalue weighted by Crippen LogP contribution is 2.24. The van der Waals surface area contributed by atoms with Gasteiger partial charge in [-0.1, -0.05) is 6.07 Å². The molecule has 0 aliphatic carbocycles. The summed E-state index contributed by atoms with van der Waals surface area (Å²) in [7, 11) is 0. The molecule has 0 spiro atoms. The summed E-state index contributed by atoms with van der Waals surface area (Å²) in [6, 6.07) is 9.96. The lowest BCUT2D eigenvalue weighted by molar-refractivity contribution is 0.0738. The van der Waals surface area contributed by atoms with E-state index in [0.29, 0.717) is 13.1 Å². The number of nitrogens with zero attached hydrogens (tertiary/aromatic N) is 3. The summed E-state index contributed by atoms with van der Waals surface area (Å²) < 4.78 is 0. The number of thiophene rings is 1. The monoisotopic (exact) mass is 309 g/mol. The van der Waals surface area contributed by atoms with Crippen molar-refractivity contribution in [3.05, 3.63) is 57.5 Å². The lowest BCUT2D eigenvalue weighted by Crippen LogP contribution is -2.36. The van der Waals surface area contributed by atoms with Crippen LogP contribution in [-0.2, 0) is 13.0 Å². The molecule has 0 bridgehead atoms. The molecule has 3 aromatic rings. The molecule has 0 N–H and O–H groups in total. The average molecular weight is 309 g/mol. The number of rotatable bonds is 1. The van der Waals surface area contributed by atoms with Crippen molar-refractivity contribution in [1.82, 2.24) is 14.9 Å². The van der Waals surface area contributed by atoms with Gasteiger partial charge in [0.15, 0.2) is 5.65 Å². The average Bonchev–Trinajstić information content (AvgIpc) is 3.06. The van der Waals surface area contributed by atoms with Crippen molar-refractivity contribution in [1.29, 1.82) is 0 Å². The molecule has 0 aromatic carbocycles. The van der Waals surface area contributed by atoms with Gasteiger partial charge in [-0.3, -0.25) is 4.79 Å². The molecule has 4 heterocycles. The highest BCUT2D eigenvalue weighted by Gasteiger charge is 2.23. The van der Waals surface area contributed by atoms with E-state index in [1.807, 2.05) is 41.5 Å². The molecule has 5 heteroatoms. The fourth-order valence-corrected chi connectivity index (χ4v) is 3.53. The molecule has 1 amide bonds. The van der Waals surface area contributed by atoms with Crippen LogP contribution >= 0.6 is 11.3 Å². The maximum absolute atomic E-state index is 12.5. The molecular formula is C17H15N3OS. The zero-order valence-electron chi connectivity index (χ0n) is 12.2. The second-order valence-electron chi connectivity index (χ2n) is 5.55. The van der Waals surface area contributed by atoms with Crippen LogP contribution in [0.5, 0.6) is 0 Å². The molecule has 3 aromatic heterocycles. The highest BCUT2D eigenvalue weighted by molar-refractivity contribution is 7.12. The number of hydrogen-bond donors (Lipinski definition) is 0. The predicted octanol–water partition coefficient (Wildman–Crippen LogP) is 3.20. The molecule has 0 saturated heterocycles. The van der Waals surface area contributed by atoms with E-state index < -0.39 is 0 Å². The van der Waals surface area contributed by atoms with Crippen LogP contribution in [0.15, 0.2) is 35.7 Å². The van der Waals surface area contributed by atoms with Gasteiger partial charge in [0.2, 0.25) is 0 Å². The Morgan fingerprint density at radius 2 is 2.18 bits per heavy atom. The fourth-order valence-electron chi connectivity index (χ4n) is 2.83. The maximum atomic E-state index is 12.5. The van der Waals surface area contributed by atoms with Crippen molar-refractivity contribution < 1.29 is 4.79 Å². The first-order valence-corrected chi connectivity index (χ1v) is 8.17. The summed E-state index contributed by atoms with van der Waals surface area (Å²) in [6.07, 6.45) is 0.790. The van der Waals surface area contributed by atoms with E-state index in [-0.39, 0.29) is 5.91 Å². The number of carbonyl (C=O) groups is 1. The number of carbonyl (C=O) groups excluding carboxylic acids is 1. The Balaban J connectivity index is 1.68. The van der Waals surface area contributed by atoms with E-state index >= 15 is 0 Å². The van der Waals surface area contributed by atoms with E-state index in [0.717, 1.165) is 39.3 Å². The Morgan fingerprint density at radius 1 is 1.27 bits per heavy atom. The maximum Gasteiger partial charge on any atom is 0.264 e. The van der Waals surface area contributed by atoms with Crippen molar-refractivity contribution in [3.63, 3.8) is 0 Å². The van der Waals surface area contributed by atoms with Crippen LogP contribution in [0.25, 0.3) is 11.0 Å². The van der Waals surface area contributed by atoms with Gasteiger partial charge in [-0.05, 0) is 42.1 Å². The lowest BCUT2D eigenvalue weighted by Gasteiger charge is -2.28. The van der Waals surface area contributed by atoms with Gasteiger partial charge >= 0.3 is 0 Å². The van der Waals surface area contributed by atoms with Crippen LogP contribution < -0.4 is 0 Å². The SMILES string of the molecule is Cc1ccc2cc3c(nc2n1)CCN(C(=O)c1cccs1)C3. The summed E-state index contributed by atoms with van der Waals surface area (Å²) in [5.74, 6) is 0.114. The Labute approximate surface area is 132 Å². The van der Waals surface area contributed by atoms with Crippen molar-refractivity contribution in [2.75, 3.05) is 6.54 Å². The van der Waals surface area contributed by atoms with E-state index in [1.165, 1.54) is 11.3 Å². The first-order valence-electron chi connectivity index (χ1n) is 7.29. The normalized spacial score (nSPS) is 14.1. The number of hydrogen-bond acceptors (Lipinski definition) is 4. The van der Waals surface area contributed by atoms with Gasteiger partial charge in [0.25, 0.3) is 5.91 Å². The molecule has 1 aliphatic heterocycles. The zero-order chi connectivity index (χ0) is 15.1. The molecule has 0 unspecified atom stereocenters. The first-order chi connectivity index (χ1) is 10.7. The second kappa shape index (κ2) is 5.18. The summed E-state index contributed by atoms with van der Waals surface area (Å²) in [6.45, 7) is 3.32. The third-order valence-electron chi connectivity index (χ3n) is 3.98. The first kappa shape index (κ1) is 13.4. The van der Waals surface area contributed by atoms with Crippen LogP contribution in [0.2, 0.25) is 0 Å². The number of pyridine rings is 2. The largest absolute Gasteiger partial charge is 0.333 e. The second-order valence-corrected chi connectivity index (χ2v) is 6.50. The van der Waals surface area contributed by atoms with Gasteiger partial charge in [0, 0.05) is 36.3 Å². The Hall–Kier alpha value is -2.27. The molecule has 22 heavy (non-hydrogen) atoms. The number of aromatic nitrogens is 2. The Bertz CT molecular complexity index is 858. The van der Waals surface area contributed by atoms with Crippen molar-refractivity contribution >= 4 is 28.3 Å². The zero-order valence-corrected chi connectivity index (χ0v) is 13.1. The predicted molar refractivity (Wildman–Crippen MR) is 87.0 cm³/mol. The number of fused-ring (bicyclic) bond motifs is 2. The van der Waals surface area contributed by atoms with Crippen molar-refractivity contribution in [2.24, 2.45) is 0 Å². The number of aryl methyl sites for hydroxylation is 1. The van der Waals surface area contributed by atoms with Crippen LogP contribution in [0.1, 0.15) is 26.6 Å². The van der Waals surface area contributed by atoms with Gasteiger partial charge in [-0.25, -0.2) is 9.97 Å². The van der Waals surface area contributed by atoms with Gasteiger partial charge < -0.3 is 4.90 Å². The number of amides is 1. The van der Waals surface area contributed by atoms with E-state index in [1.54, 1.807) is 0 Å². The lowest BCUT2D eigenvalue weighted by atomic mass is 10.0. The summed E-state index contributed by atoms with van der Waals surface area (Å²) in [5, 5.41) is 2.98. The highest BCUT2D eigenvalue weighted by atomic mass is 32.1. The summed E-state index contributed by atoms with van der Waals surface area (Å²) in [5.41, 5.74) is 3.98. The molecule has 0 fully saturated rings. The van der Waals surface area contributed by atoms with Gasteiger partial charge in [-0.2, -0.15) is 0 Å². The molecule has 0 radical (unpaired) electrons. The van der Waals surface area contributed by atoms with Crippen LogP contribution in [0.3, 0.4) is 0 Å². The minimum Gasteiger partial charge on any atom is -0.333 e. The fraction of sp³-hybridized carbons (Fsp3) is 0.235. The standard InChI is InChI=1S/C17H15N3OS/c1-11-4-5-12-9-13-10-20(17(21)15-3-2-8-22-15)7-6-14(13)19-16(12)18-11/h2-5,8-9H,6-7,10H2,1H3. The molecule has 110 valence electrons. The van der Waals surface area contributed by atoms with E-state index in [9.17, 15) is 4.79 Å². The summed E-state index contributed by atoms with van der Waals surface area (Å²) in [4.78, 5) is 24.4. The summed E-state index contributed by atoms with van der Waals surface area (Å²) >= 11 is 1.49. The third-order valence-corrected chi connectivity index (χ3v) is 4.84. The minimum atomic E-state index is 0.114. The molecular weight excluding hydrogens is 294 g/mol. The molecule has 4 rings (SSSR count). The molecule has 0 atom stereocenters. The van der Waals surface area contributed by atoms with E-state index in [4.69, 9.17) is 0 Å². The molecule has 1 aliphatic rings. The molecule has 4 nitrogen and oxygen atoms in total. The van der Waals surface area contributed by atoms with E-state index in [2.05, 4.69) is 16.0 Å². The Morgan fingerprint density at radius 3 is 3.00 bits per heavy atom. The Kier molecular flexibility index (Phi) is 3.15. The minimum absolute atomic E-state index is 0.114. The third kappa shape index (κ3) is 2.27. The smallest absolute Gasteiger partial charge is 0.264 e.